The van der Waals surface area contributed by atoms with Gasteiger partial charge in [-0.2, -0.15) is 0 Å². The van der Waals surface area contributed by atoms with Crippen molar-refractivity contribution in [2.45, 2.75) is 5.41 Å². The molecule has 163 valence electrons. The molecule has 1 atom stereocenters. The van der Waals surface area contributed by atoms with Gasteiger partial charge in [0, 0.05) is 10.8 Å². The maximum Gasteiger partial charge on any atom is 0.569 e. The number of benzene rings is 5. The van der Waals surface area contributed by atoms with E-state index in [1.807, 2.05) is 6.07 Å². The van der Waals surface area contributed by atoms with Crippen LogP contribution in [0, 0.1) is 0 Å². The van der Waals surface area contributed by atoms with Crippen LogP contribution in [0.2, 0.25) is 0 Å². The summed E-state index contributed by atoms with van der Waals surface area (Å²) in [6.07, 6.45) is 0. The molecule has 1 aliphatic heterocycles. The molecule has 6 aromatic rings. The summed E-state index contributed by atoms with van der Waals surface area (Å²) < 4.78 is 7.90. The average molecular weight is 448 g/mol. The zero-order chi connectivity index (χ0) is 23.1. The van der Waals surface area contributed by atoms with Gasteiger partial charge in [0.2, 0.25) is 0 Å². The number of aromatic nitrogens is 1. The largest absolute Gasteiger partial charge is 0.569 e. The minimum absolute atomic E-state index is 0.499. The SMILES string of the molecule is O[B]Oc1ccc2c(c1)C1(c3ccccc3-2)c2ccccc2-n2c3ccccc3c3cccc1c32. The Hall–Kier alpha value is -4.28. The molecule has 5 aromatic carbocycles. The number of para-hydroxylation sites is 3. The molecule has 2 heterocycles. The van der Waals surface area contributed by atoms with E-state index in [2.05, 4.69) is 108 Å². The van der Waals surface area contributed by atoms with Crippen LogP contribution in [0.25, 0.3) is 38.6 Å². The van der Waals surface area contributed by atoms with Crippen LogP contribution in [-0.4, -0.2) is 17.3 Å². The first-order chi connectivity index (χ1) is 17.3. The number of hydrogen-bond acceptors (Lipinski definition) is 2. The summed E-state index contributed by atoms with van der Waals surface area (Å²) in [6, 6.07) is 39.0. The minimum atomic E-state index is -0.499. The first kappa shape index (κ1) is 19.1. The minimum Gasteiger partial charge on any atom is -0.537 e. The molecule has 8 rings (SSSR count). The molecule has 0 saturated carbocycles. The number of nitrogens with zero attached hydrogens (tertiary/aromatic N) is 1. The van der Waals surface area contributed by atoms with Crippen LogP contribution in [0.1, 0.15) is 22.3 Å². The molecule has 1 radical (unpaired) electrons. The second-order valence-corrected chi connectivity index (χ2v) is 9.30. The Balaban J connectivity index is 1.64. The molecule has 1 aliphatic carbocycles. The molecule has 0 bridgehead atoms. The van der Waals surface area contributed by atoms with E-state index in [1.165, 1.54) is 60.9 Å². The van der Waals surface area contributed by atoms with Gasteiger partial charge in [0.15, 0.2) is 0 Å². The third-order valence-corrected chi connectivity index (χ3v) is 7.85. The Morgan fingerprint density at radius 1 is 0.629 bits per heavy atom. The van der Waals surface area contributed by atoms with Gasteiger partial charge in [-0.1, -0.05) is 84.9 Å². The monoisotopic (exact) mass is 448 g/mol. The van der Waals surface area contributed by atoms with Crippen molar-refractivity contribution in [3.05, 3.63) is 131 Å². The highest BCUT2D eigenvalue weighted by Gasteiger charge is 2.50. The van der Waals surface area contributed by atoms with Crippen molar-refractivity contribution >= 4 is 29.5 Å². The van der Waals surface area contributed by atoms with E-state index in [0.29, 0.717) is 5.75 Å². The van der Waals surface area contributed by atoms with Crippen LogP contribution in [0.15, 0.2) is 109 Å². The molecular formula is C31H19BNO2. The highest BCUT2D eigenvalue weighted by Crippen LogP contribution is 2.61. The Kier molecular flexibility index (Phi) is 3.63. The average Bonchev–Trinajstić information content (AvgIpc) is 3.40. The molecule has 3 nitrogen and oxygen atoms in total. The van der Waals surface area contributed by atoms with Gasteiger partial charge in [0.1, 0.15) is 5.75 Å². The highest BCUT2D eigenvalue weighted by atomic mass is 16.5. The van der Waals surface area contributed by atoms with Crippen molar-refractivity contribution in [3.63, 3.8) is 0 Å². The summed E-state index contributed by atoms with van der Waals surface area (Å²) in [7, 11) is 0.754. The maximum absolute atomic E-state index is 9.38. The van der Waals surface area contributed by atoms with Crippen molar-refractivity contribution < 1.29 is 9.68 Å². The van der Waals surface area contributed by atoms with E-state index >= 15 is 0 Å². The summed E-state index contributed by atoms with van der Waals surface area (Å²) in [6.45, 7) is 0. The summed E-state index contributed by atoms with van der Waals surface area (Å²) >= 11 is 0. The lowest BCUT2D eigenvalue weighted by Gasteiger charge is -2.39. The molecular weight excluding hydrogens is 429 g/mol. The Bertz CT molecular complexity index is 1840. The van der Waals surface area contributed by atoms with E-state index in [4.69, 9.17) is 4.65 Å². The van der Waals surface area contributed by atoms with Gasteiger partial charge in [-0.15, -0.1) is 0 Å². The topological polar surface area (TPSA) is 34.4 Å². The van der Waals surface area contributed by atoms with E-state index < -0.39 is 5.41 Å². The van der Waals surface area contributed by atoms with Gasteiger partial charge in [-0.25, -0.2) is 0 Å². The van der Waals surface area contributed by atoms with Gasteiger partial charge >= 0.3 is 7.69 Å². The van der Waals surface area contributed by atoms with E-state index in [0.717, 1.165) is 7.69 Å². The lowest BCUT2D eigenvalue weighted by molar-refractivity contribution is 0.453. The Labute approximate surface area is 203 Å². The van der Waals surface area contributed by atoms with Gasteiger partial charge < -0.3 is 14.2 Å². The molecule has 0 fully saturated rings. The Morgan fingerprint density at radius 2 is 1.34 bits per heavy atom. The molecule has 0 amide bonds. The number of rotatable bonds is 2. The number of fused-ring (bicyclic) bond motifs is 12. The van der Waals surface area contributed by atoms with Gasteiger partial charge in [-0.3, -0.25) is 0 Å². The zero-order valence-corrected chi connectivity index (χ0v) is 18.8. The third-order valence-electron chi connectivity index (χ3n) is 7.85. The van der Waals surface area contributed by atoms with Crippen LogP contribution in [0.4, 0.5) is 0 Å². The van der Waals surface area contributed by atoms with E-state index in [-0.39, 0.29) is 0 Å². The highest BCUT2D eigenvalue weighted by molar-refractivity contribution is 6.17. The fourth-order valence-corrected chi connectivity index (χ4v) is 6.68. The van der Waals surface area contributed by atoms with Crippen LogP contribution in [-0.2, 0) is 5.41 Å². The molecule has 35 heavy (non-hydrogen) atoms. The molecule has 2 aliphatic rings. The molecule has 1 spiro atoms. The molecule has 4 heteroatoms. The lowest BCUT2D eigenvalue weighted by Crippen LogP contribution is -2.33. The summed E-state index contributed by atoms with van der Waals surface area (Å²) in [5.41, 5.74) is 10.6. The summed E-state index contributed by atoms with van der Waals surface area (Å²) in [4.78, 5) is 0. The van der Waals surface area contributed by atoms with Crippen LogP contribution in [0.3, 0.4) is 0 Å². The van der Waals surface area contributed by atoms with Crippen LogP contribution >= 0.6 is 0 Å². The van der Waals surface area contributed by atoms with Crippen molar-refractivity contribution in [1.29, 1.82) is 0 Å². The quantitative estimate of drug-likeness (QED) is 0.312. The lowest BCUT2D eigenvalue weighted by atomic mass is 9.65. The molecule has 0 saturated heterocycles. The van der Waals surface area contributed by atoms with Crippen LogP contribution in [0.5, 0.6) is 5.75 Å². The van der Waals surface area contributed by atoms with Crippen molar-refractivity contribution in [3.8, 4) is 22.6 Å². The zero-order valence-electron chi connectivity index (χ0n) is 18.8. The van der Waals surface area contributed by atoms with Crippen LogP contribution < -0.4 is 4.65 Å². The maximum atomic E-state index is 9.38. The fraction of sp³-hybridized carbons (Fsp3) is 0.0323. The fourth-order valence-electron chi connectivity index (χ4n) is 6.68. The van der Waals surface area contributed by atoms with Gasteiger partial charge in [-0.05, 0) is 57.6 Å². The Morgan fingerprint density at radius 3 is 2.26 bits per heavy atom. The number of hydrogen-bond donors (Lipinski definition) is 1. The summed E-state index contributed by atoms with van der Waals surface area (Å²) in [5, 5.41) is 11.9. The normalized spacial score (nSPS) is 16.8. The molecule has 1 N–H and O–H groups in total. The smallest absolute Gasteiger partial charge is 0.537 e. The second-order valence-electron chi connectivity index (χ2n) is 9.30. The van der Waals surface area contributed by atoms with Crippen molar-refractivity contribution in [2.24, 2.45) is 0 Å². The van der Waals surface area contributed by atoms with Crippen molar-refractivity contribution in [1.82, 2.24) is 4.57 Å². The van der Waals surface area contributed by atoms with E-state index in [1.54, 1.807) is 0 Å². The third kappa shape index (κ3) is 2.17. The first-order valence-electron chi connectivity index (χ1n) is 11.8. The standard InChI is InChI=1S/C31H19BNO2/c34-32-35-19-16-17-21-20-8-1-3-11-24(20)31(27(21)18-19)25-12-4-6-15-29(25)33-28-14-5-2-9-22(28)23-10-7-13-26(31)30(23)33/h1-18,34H. The van der Waals surface area contributed by atoms with E-state index in [9.17, 15) is 5.02 Å². The predicted molar refractivity (Wildman–Crippen MR) is 140 cm³/mol. The molecule has 1 unspecified atom stereocenters. The van der Waals surface area contributed by atoms with Gasteiger partial charge in [0.25, 0.3) is 0 Å². The second kappa shape index (κ2) is 6.65. The first-order valence-corrected chi connectivity index (χ1v) is 11.8. The predicted octanol–water partition coefficient (Wildman–Crippen LogP) is 6.37. The van der Waals surface area contributed by atoms with Gasteiger partial charge in [0.05, 0.1) is 22.1 Å². The summed E-state index contributed by atoms with van der Waals surface area (Å²) in [5.74, 6) is 0.620. The molecule has 1 aromatic heterocycles. The van der Waals surface area contributed by atoms with Crippen molar-refractivity contribution in [2.75, 3.05) is 0 Å².